The highest BCUT2D eigenvalue weighted by Crippen LogP contribution is 2.19. The Hall–Kier alpha value is -1.38. The van der Waals surface area contributed by atoms with Gasteiger partial charge in [-0.1, -0.05) is 0 Å². The van der Waals surface area contributed by atoms with Crippen molar-refractivity contribution in [2.75, 3.05) is 5.73 Å². The number of aromatic nitrogens is 2. The zero-order chi connectivity index (χ0) is 14.9. The molecule has 0 bridgehead atoms. The van der Waals surface area contributed by atoms with Gasteiger partial charge in [0.15, 0.2) is 10.8 Å². The third-order valence-electron chi connectivity index (χ3n) is 2.82. The number of imidazole rings is 1. The molecule has 2 heterocycles. The zero-order valence-corrected chi connectivity index (χ0v) is 13.3. The summed E-state index contributed by atoms with van der Waals surface area (Å²) >= 11 is 1.67. The summed E-state index contributed by atoms with van der Waals surface area (Å²) in [6, 6.07) is 3.83. The molecule has 1 atom stereocenters. The Morgan fingerprint density at radius 2 is 2.20 bits per heavy atom. The highest BCUT2D eigenvalue weighted by atomic mass is 32.2. The standard InChI is InChI=1S/C12H18N4O2S2/c1-8(6-10-5-4-9(2)19-10)15-20(17,18)12-11(13)14-7-16(12)3/h4-5,7-8,15H,6,13H2,1-3H3. The van der Waals surface area contributed by atoms with Crippen LogP contribution in [0.4, 0.5) is 5.82 Å². The van der Waals surface area contributed by atoms with Crippen LogP contribution >= 0.6 is 11.3 Å². The van der Waals surface area contributed by atoms with E-state index in [1.807, 2.05) is 26.0 Å². The van der Waals surface area contributed by atoms with Gasteiger partial charge in [-0.05, 0) is 32.4 Å². The topological polar surface area (TPSA) is 90.0 Å². The molecule has 0 saturated heterocycles. The van der Waals surface area contributed by atoms with Crippen LogP contribution in [0.1, 0.15) is 16.7 Å². The molecule has 0 radical (unpaired) electrons. The summed E-state index contributed by atoms with van der Waals surface area (Å²) in [6.07, 6.45) is 2.03. The summed E-state index contributed by atoms with van der Waals surface area (Å²) < 4.78 is 28.6. The first-order valence-corrected chi connectivity index (χ1v) is 8.44. The predicted octanol–water partition coefficient (Wildman–Crippen LogP) is 1.28. The SMILES string of the molecule is Cc1ccc(CC(C)NS(=O)(=O)c2c(N)ncn2C)s1. The Labute approximate surface area is 122 Å². The van der Waals surface area contributed by atoms with E-state index in [4.69, 9.17) is 5.73 Å². The van der Waals surface area contributed by atoms with Gasteiger partial charge < -0.3 is 10.3 Å². The lowest BCUT2D eigenvalue weighted by molar-refractivity contribution is 0.552. The van der Waals surface area contributed by atoms with Gasteiger partial charge in [-0.2, -0.15) is 0 Å². The van der Waals surface area contributed by atoms with Crippen LogP contribution < -0.4 is 10.5 Å². The summed E-state index contributed by atoms with van der Waals surface area (Å²) in [6.45, 7) is 3.86. The second-order valence-corrected chi connectivity index (χ2v) is 7.79. The first kappa shape index (κ1) is 15.0. The molecule has 2 aromatic heterocycles. The van der Waals surface area contributed by atoms with Gasteiger partial charge in [-0.15, -0.1) is 11.3 Å². The molecule has 3 N–H and O–H groups in total. The van der Waals surface area contributed by atoms with Gasteiger partial charge >= 0.3 is 0 Å². The van der Waals surface area contributed by atoms with E-state index in [-0.39, 0.29) is 16.9 Å². The number of nitrogens with two attached hydrogens (primary N) is 1. The maximum atomic E-state index is 12.3. The van der Waals surface area contributed by atoms with Crippen molar-refractivity contribution in [3.63, 3.8) is 0 Å². The van der Waals surface area contributed by atoms with Crippen molar-refractivity contribution in [3.05, 3.63) is 28.2 Å². The minimum atomic E-state index is -3.66. The third kappa shape index (κ3) is 3.20. The van der Waals surface area contributed by atoms with Crippen LogP contribution in [-0.4, -0.2) is 24.0 Å². The largest absolute Gasteiger partial charge is 0.381 e. The molecule has 110 valence electrons. The van der Waals surface area contributed by atoms with Crippen LogP contribution in [0.3, 0.4) is 0 Å². The molecule has 0 aliphatic carbocycles. The number of nitrogens with zero attached hydrogens (tertiary/aromatic N) is 2. The van der Waals surface area contributed by atoms with Crippen molar-refractivity contribution in [2.45, 2.75) is 31.3 Å². The van der Waals surface area contributed by atoms with Crippen LogP contribution in [0.25, 0.3) is 0 Å². The van der Waals surface area contributed by atoms with E-state index >= 15 is 0 Å². The van der Waals surface area contributed by atoms with Crippen molar-refractivity contribution in [1.29, 1.82) is 0 Å². The van der Waals surface area contributed by atoms with E-state index in [1.54, 1.807) is 18.4 Å². The number of nitrogens with one attached hydrogen (secondary N) is 1. The molecule has 8 heteroatoms. The molecule has 20 heavy (non-hydrogen) atoms. The minimum absolute atomic E-state index is 0.00621. The normalized spacial score (nSPS) is 13.6. The van der Waals surface area contributed by atoms with Crippen molar-refractivity contribution >= 4 is 27.2 Å². The summed E-state index contributed by atoms with van der Waals surface area (Å²) in [4.78, 5) is 6.16. The first-order chi connectivity index (χ1) is 9.29. The summed E-state index contributed by atoms with van der Waals surface area (Å²) in [7, 11) is -2.06. The Kier molecular flexibility index (Phi) is 4.17. The van der Waals surface area contributed by atoms with E-state index in [9.17, 15) is 8.42 Å². The van der Waals surface area contributed by atoms with Crippen molar-refractivity contribution in [3.8, 4) is 0 Å². The van der Waals surface area contributed by atoms with Gasteiger partial charge in [0.25, 0.3) is 10.0 Å². The Morgan fingerprint density at radius 1 is 1.50 bits per heavy atom. The summed E-state index contributed by atoms with van der Waals surface area (Å²) in [5, 5.41) is 0.00621. The Bertz CT molecular complexity index is 683. The number of anilines is 1. The molecule has 2 rings (SSSR count). The molecule has 0 amide bonds. The molecule has 0 aromatic carbocycles. The molecular weight excluding hydrogens is 296 g/mol. The van der Waals surface area contributed by atoms with E-state index < -0.39 is 10.0 Å². The Morgan fingerprint density at radius 3 is 2.70 bits per heavy atom. The molecular formula is C12H18N4O2S2. The van der Waals surface area contributed by atoms with E-state index in [0.717, 1.165) is 4.88 Å². The molecule has 1 unspecified atom stereocenters. The lowest BCUT2D eigenvalue weighted by atomic mass is 10.2. The summed E-state index contributed by atoms with van der Waals surface area (Å²) in [5.74, 6) is 0.0131. The lowest BCUT2D eigenvalue weighted by Gasteiger charge is -2.14. The van der Waals surface area contributed by atoms with Crippen LogP contribution in [0, 0.1) is 6.92 Å². The molecule has 0 fully saturated rings. The molecule has 2 aromatic rings. The number of hydrogen-bond acceptors (Lipinski definition) is 5. The van der Waals surface area contributed by atoms with Gasteiger partial charge in [0.1, 0.15) is 0 Å². The van der Waals surface area contributed by atoms with Crippen molar-refractivity contribution in [1.82, 2.24) is 14.3 Å². The van der Waals surface area contributed by atoms with Gasteiger partial charge in [-0.25, -0.2) is 18.1 Å². The number of rotatable bonds is 5. The smallest absolute Gasteiger partial charge is 0.260 e. The maximum absolute atomic E-state index is 12.3. The van der Waals surface area contributed by atoms with E-state index in [0.29, 0.717) is 6.42 Å². The second-order valence-electron chi connectivity index (χ2n) is 4.78. The van der Waals surface area contributed by atoms with Crippen LogP contribution in [0.15, 0.2) is 23.5 Å². The van der Waals surface area contributed by atoms with E-state index in [2.05, 4.69) is 9.71 Å². The maximum Gasteiger partial charge on any atom is 0.260 e. The van der Waals surface area contributed by atoms with Gasteiger partial charge in [0.2, 0.25) is 0 Å². The summed E-state index contributed by atoms with van der Waals surface area (Å²) in [5.41, 5.74) is 5.61. The average Bonchev–Trinajstić information content (AvgIpc) is 2.84. The minimum Gasteiger partial charge on any atom is -0.381 e. The number of nitrogen functional groups attached to an aromatic ring is 1. The van der Waals surface area contributed by atoms with Crippen molar-refractivity contribution < 1.29 is 8.42 Å². The second kappa shape index (κ2) is 5.55. The number of sulfonamides is 1. The molecule has 0 saturated carbocycles. The highest BCUT2D eigenvalue weighted by molar-refractivity contribution is 7.89. The monoisotopic (exact) mass is 314 g/mol. The quantitative estimate of drug-likeness (QED) is 0.870. The van der Waals surface area contributed by atoms with Crippen LogP contribution in [0.2, 0.25) is 0 Å². The highest BCUT2D eigenvalue weighted by Gasteiger charge is 2.24. The number of thiophene rings is 1. The fourth-order valence-corrected chi connectivity index (χ4v) is 4.52. The third-order valence-corrected chi connectivity index (χ3v) is 5.57. The fourth-order valence-electron chi connectivity index (χ4n) is 2.02. The van der Waals surface area contributed by atoms with Crippen LogP contribution in [-0.2, 0) is 23.5 Å². The molecule has 0 spiro atoms. The number of hydrogen-bond donors (Lipinski definition) is 2. The van der Waals surface area contributed by atoms with E-state index in [1.165, 1.54) is 15.8 Å². The molecule has 6 nitrogen and oxygen atoms in total. The van der Waals surface area contributed by atoms with Gasteiger partial charge in [-0.3, -0.25) is 0 Å². The Balaban J connectivity index is 2.12. The number of aryl methyl sites for hydroxylation is 2. The van der Waals surface area contributed by atoms with Gasteiger partial charge in [0.05, 0.1) is 6.33 Å². The first-order valence-electron chi connectivity index (χ1n) is 6.14. The molecule has 0 aliphatic heterocycles. The fraction of sp³-hybridized carbons (Fsp3) is 0.417. The average molecular weight is 314 g/mol. The molecule has 0 aliphatic rings. The van der Waals surface area contributed by atoms with Crippen LogP contribution in [0.5, 0.6) is 0 Å². The van der Waals surface area contributed by atoms with Crippen molar-refractivity contribution in [2.24, 2.45) is 7.05 Å². The lowest BCUT2D eigenvalue weighted by Crippen LogP contribution is -2.35. The zero-order valence-electron chi connectivity index (χ0n) is 11.6. The van der Waals surface area contributed by atoms with Gasteiger partial charge in [0, 0.05) is 22.8 Å². The predicted molar refractivity (Wildman–Crippen MR) is 80.2 cm³/mol.